The summed E-state index contributed by atoms with van der Waals surface area (Å²) in [6.07, 6.45) is -4.57. The summed E-state index contributed by atoms with van der Waals surface area (Å²) in [7, 11) is 0. The second-order valence-electron chi connectivity index (χ2n) is 4.74. The molecule has 23 heavy (non-hydrogen) atoms. The molecule has 0 saturated carbocycles. The molecule has 0 unspecified atom stereocenters. The smallest absolute Gasteiger partial charge is 0.336 e. The molecule has 0 aliphatic carbocycles. The van der Waals surface area contributed by atoms with E-state index in [1.54, 1.807) is 6.07 Å². The highest BCUT2D eigenvalue weighted by molar-refractivity contribution is 5.66. The summed E-state index contributed by atoms with van der Waals surface area (Å²) in [5.74, 6) is 4.95. The Balaban J connectivity index is 2.17. The maximum absolute atomic E-state index is 13.8. The monoisotopic (exact) mass is 322 g/mol. The van der Waals surface area contributed by atoms with Crippen LogP contribution in [0.15, 0.2) is 48.5 Å². The molecule has 0 fully saturated rings. The maximum Gasteiger partial charge on any atom is 0.417 e. The van der Waals surface area contributed by atoms with Crippen molar-refractivity contribution in [2.45, 2.75) is 6.18 Å². The van der Waals surface area contributed by atoms with Crippen LogP contribution >= 0.6 is 0 Å². The molecule has 0 saturated heterocycles. The third-order valence-electron chi connectivity index (χ3n) is 3.28. The molecule has 0 aliphatic heterocycles. The van der Waals surface area contributed by atoms with Crippen molar-refractivity contribution in [3.8, 4) is 22.8 Å². The Bertz CT molecular complexity index is 855. The van der Waals surface area contributed by atoms with E-state index in [1.807, 2.05) is 0 Å². The van der Waals surface area contributed by atoms with E-state index >= 15 is 0 Å². The van der Waals surface area contributed by atoms with Crippen molar-refractivity contribution in [1.82, 2.24) is 14.9 Å². The van der Waals surface area contributed by atoms with Gasteiger partial charge in [0.25, 0.3) is 0 Å². The zero-order valence-electron chi connectivity index (χ0n) is 11.5. The van der Waals surface area contributed by atoms with Crippen molar-refractivity contribution in [2.24, 2.45) is 0 Å². The lowest BCUT2D eigenvalue weighted by atomic mass is 10.1. The minimum Gasteiger partial charge on any atom is -0.336 e. The SMILES string of the molecule is Nn1c(-c2ccccc2F)nnc1-c1ccccc1C(F)(F)F. The third kappa shape index (κ3) is 2.63. The first-order valence-corrected chi connectivity index (χ1v) is 6.51. The number of nitrogen functional groups attached to an aromatic ring is 1. The van der Waals surface area contributed by atoms with Crippen LogP contribution in [0.1, 0.15) is 5.56 Å². The molecule has 4 nitrogen and oxygen atoms in total. The van der Waals surface area contributed by atoms with Gasteiger partial charge in [0.1, 0.15) is 5.82 Å². The third-order valence-corrected chi connectivity index (χ3v) is 3.28. The maximum atomic E-state index is 13.8. The quantitative estimate of drug-likeness (QED) is 0.580. The van der Waals surface area contributed by atoms with Crippen LogP contribution in [0.4, 0.5) is 17.6 Å². The van der Waals surface area contributed by atoms with E-state index in [1.165, 1.54) is 36.4 Å². The van der Waals surface area contributed by atoms with Crippen LogP contribution < -0.4 is 5.84 Å². The van der Waals surface area contributed by atoms with E-state index in [4.69, 9.17) is 5.84 Å². The minimum absolute atomic E-state index is 0.0539. The first kappa shape index (κ1) is 15.0. The van der Waals surface area contributed by atoms with Gasteiger partial charge in [-0.2, -0.15) is 13.2 Å². The average Bonchev–Trinajstić information content (AvgIpc) is 2.88. The number of benzene rings is 2. The molecular formula is C15H10F4N4. The fourth-order valence-corrected chi connectivity index (χ4v) is 2.23. The summed E-state index contributed by atoms with van der Waals surface area (Å²) in [6, 6.07) is 10.5. The topological polar surface area (TPSA) is 56.7 Å². The molecule has 2 N–H and O–H groups in total. The normalized spacial score (nSPS) is 11.7. The summed E-state index contributed by atoms with van der Waals surface area (Å²) >= 11 is 0. The minimum atomic E-state index is -4.57. The highest BCUT2D eigenvalue weighted by atomic mass is 19.4. The highest BCUT2D eigenvalue weighted by Crippen LogP contribution is 2.36. The van der Waals surface area contributed by atoms with Gasteiger partial charge in [-0.1, -0.05) is 30.3 Å². The zero-order chi connectivity index (χ0) is 16.6. The average molecular weight is 322 g/mol. The van der Waals surface area contributed by atoms with Gasteiger partial charge in [0, 0.05) is 5.56 Å². The van der Waals surface area contributed by atoms with Crippen LogP contribution in [-0.2, 0) is 6.18 Å². The predicted molar refractivity (Wildman–Crippen MR) is 76.0 cm³/mol. The zero-order valence-corrected chi connectivity index (χ0v) is 11.5. The molecule has 0 bridgehead atoms. The predicted octanol–water partition coefficient (Wildman–Crippen LogP) is 3.48. The van der Waals surface area contributed by atoms with Crippen LogP contribution in [-0.4, -0.2) is 14.9 Å². The fraction of sp³-hybridized carbons (Fsp3) is 0.0667. The Morgan fingerprint density at radius 2 is 1.35 bits per heavy atom. The molecule has 8 heteroatoms. The molecule has 118 valence electrons. The lowest BCUT2D eigenvalue weighted by Gasteiger charge is -2.12. The van der Waals surface area contributed by atoms with E-state index in [0.29, 0.717) is 0 Å². The summed E-state index contributed by atoms with van der Waals surface area (Å²) in [5, 5.41) is 7.43. The first-order chi connectivity index (χ1) is 10.9. The van der Waals surface area contributed by atoms with Gasteiger partial charge >= 0.3 is 6.18 Å². The number of rotatable bonds is 2. The van der Waals surface area contributed by atoms with E-state index < -0.39 is 17.6 Å². The number of halogens is 4. The molecule has 2 aromatic carbocycles. The fourth-order valence-electron chi connectivity index (χ4n) is 2.23. The standard InChI is InChI=1S/C15H10F4N4/c16-12-8-4-2-6-10(12)14-22-21-13(23(14)20)9-5-1-3-7-11(9)15(17,18)19/h1-8H,20H2. The molecule has 0 atom stereocenters. The van der Waals surface area contributed by atoms with Gasteiger partial charge < -0.3 is 5.84 Å². The molecule has 0 radical (unpaired) electrons. The van der Waals surface area contributed by atoms with Crippen LogP contribution in [0.2, 0.25) is 0 Å². The highest BCUT2D eigenvalue weighted by Gasteiger charge is 2.34. The second kappa shape index (κ2) is 5.38. The summed E-state index contributed by atoms with van der Waals surface area (Å²) in [5.41, 5.74) is -1.06. The Morgan fingerprint density at radius 3 is 1.96 bits per heavy atom. The summed E-state index contributed by atoms with van der Waals surface area (Å²) < 4.78 is 54.0. The molecule has 3 aromatic rings. The van der Waals surface area contributed by atoms with Crippen molar-refractivity contribution in [3.63, 3.8) is 0 Å². The molecule has 0 aliphatic rings. The Kier molecular flexibility index (Phi) is 3.51. The molecule has 1 heterocycles. The van der Waals surface area contributed by atoms with E-state index in [-0.39, 0.29) is 22.8 Å². The van der Waals surface area contributed by atoms with Crippen LogP contribution in [0.3, 0.4) is 0 Å². The number of hydrogen-bond acceptors (Lipinski definition) is 3. The van der Waals surface area contributed by atoms with Crippen LogP contribution in [0.5, 0.6) is 0 Å². The van der Waals surface area contributed by atoms with Gasteiger partial charge in [0.15, 0.2) is 11.6 Å². The van der Waals surface area contributed by atoms with Crippen molar-refractivity contribution >= 4 is 0 Å². The van der Waals surface area contributed by atoms with E-state index in [0.717, 1.165) is 10.7 Å². The van der Waals surface area contributed by atoms with Crippen molar-refractivity contribution in [1.29, 1.82) is 0 Å². The van der Waals surface area contributed by atoms with Gasteiger partial charge in [-0.3, -0.25) is 0 Å². The lowest BCUT2D eigenvalue weighted by molar-refractivity contribution is -0.137. The molecular weight excluding hydrogens is 312 g/mol. The molecule has 0 amide bonds. The van der Waals surface area contributed by atoms with Crippen LogP contribution in [0, 0.1) is 5.82 Å². The molecule has 0 spiro atoms. The van der Waals surface area contributed by atoms with Gasteiger partial charge in [-0.25, -0.2) is 9.07 Å². The Morgan fingerprint density at radius 1 is 0.826 bits per heavy atom. The van der Waals surface area contributed by atoms with Gasteiger partial charge in [0.05, 0.1) is 11.1 Å². The second-order valence-corrected chi connectivity index (χ2v) is 4.74. The largest absolute Gasteiger partial charge is 0.417 e. The number of alkyl halides is 3. The van der Waals surface area contributed by atoms with E-state index in [9.17, 15) is 17.6 Å². The summed E-state index contributed by atoms with van der Waals surface area (Å²) in [6.45, 7) is 0. The van der Waals surface area contributed by atoms with Crippen LogP contribution in [0.25, 0.3) is 22.8 Å². The number of nitrogens with two attached hydrogens (primary N) is 1. The van der Waals surface area contributed by atoms with Crippen molar-refractivity contribution in [3.05, 3.63) is 59.9 Å². The molecule has 1 aromatic heterocycles. The number of hydrogen-bond donors (Lipinski definition) is 1. The van der Waals surface area contributed by atoms with Gasteiger partial charge in [-0.15, -0.1) is 10.2 Å². The number of nitrogens with zero attached hydrogens (tertiary/aromatic N) is 3. The van der Waals surface area contributed by atoms with Crippen molar-refractivity contribution in [2.75, 3.05) is 5.84 Å². The van der Waals surface area contributed by atoms with Gasteiger partial charge in [0.2, 0.25) is 0 Å². The Hall–Kier alpha value is -2.90. The lowest BCUT2D eigenvalue weighted by Crippen LogP contribution is -2.15. The summed E-state index contributed by atoms with van der Waals surface area (Å²) in [4.78, 5) is 0. The van der Waals surface area contributed by atoms with Crippen molar-refractivity contribution < 1.29 is 17.6 Å². The Labute approximate surface area is 128 Å². The first-order valence-electron chi connectivity index (χ1n) is 6.51. The van der Waals surface area contributed by atoms with Gasteiger partial charge in [-0.05, 0) is 18.2 Å². The van der Waals surface area contributed by atoms with E-state index in [2.05, 4.69) is 10.2 Å². The number of aromatic nitrogens is 3. The molecule has 3 rings (SSSR count).